The molecule has 0 saturated heterocycles. The van der Waals surface area contributed by atoms with E-state index in [9.17, 15) is 8.42 Å². The van der Waals surface area contributed by atoms with E-state index in [1.165, 1.54) is 0 Å². The Bertz CT molecular complexity index is 715. The van der Waals surface area contributed by atoms with Gasteiger partial charge in [0.05, 0.1) is 4.90 Å². The van der Waals surface area contributed by atoms with E-state index >= 15 is 0 Å². The molecule has 0 aromatic heterocycles. The first-order valence-electron chi connectivity index (χ1n) is 7.15. The first kappa shape index (κ1) is 14.3. The molecule has 4 nitrogen and oxygen atoms in total. The van der Waals surface area contributed by atoms with Gasteiger partial charge in [0.2, 0.25) is 0 Å². The zero-order chi connectivity index (χ0) is 15.3. The Hall–Kier alpha value is -1.62. The van der Waals surface area contributed by atoms with E-state index in [2.05, 4.69) is 35.9 Å². The second-order valence-electron chi connectivity index (χ2n) is 6.42. The fourth-order valence-corrected chi connectivity index (χ4v) is 4.15. The van der Waals surface area contributed by atoms with E-state index in [4.69, 9.17) is 0 Å². The summed E-state index contributed by atoms with van der Waals surface area (Å²) in [6.07, 6.45) is 5.34. The monoisotopic (exact) mass is 304 g/mol. The average molecular weight is 304 g/mol. The largest absolute Gasteiger partial charge is 0.276 e. The molecule has 2 atom stereocenters. The summed E-state index contributed by atoms with van der Waals surface area (Å²) in [6, 6.07) is 6.77. The summed E-state index contributed by atoms with van der Waals surface area (Å²) in [6.45, 7) is 6.15. The second kappa shape index (κ2) is 4.70. The molecule has 0 spiro atoms. The molecule has 2 unspecified atom stereocenters. The molecule has 2 aliphatic carbocycles. The molecule has 112 valence electrons. The number of hydrazone groups is 1. The second-order valence-corrected chi connectivity index (χ2v) is 8.08. The predicted molar refractivity (Wildman–Crippen MR) is 83.5 cm³/mol. The quantitative estimate of drug-likeness (QED) is 0.689. The van der Waals surface area contributed by atoms with Gasteiger partial charge < -0.3 is 0 Å². The normalized spacial score (nSPS) is 28.2. The maximum Gasteiger partial charge on any atom is 0.276 e. The highest BCUT2D eigenvalue weighted by Crippen LogP contribution is 2.53. The van der Waals surface area contributed by atoms with Crippen LogP contribution in [-0.2, 0) is 10.0 Å². The van der Waals surface area contributed by atoms with Crippen molar-refractivity contribution in [3.05, 3.63) is 42.0 Å². The Balaban J connectivity index is 1.81. The van der Waals surface area contributed by atoms with Gasteiger partial charge in [0.25, 0.3) is 10.0 Å². The summed E-state index contributed by atoms with van der Waals surface area (Å²) in [7, 11) is -3.59. The number of fused-ring (bicyclic) bond motifs is 1. The van der Waals surface area contributed by atoms with Crippen LogP contribution in [0.4, 0.5) is 0 Å². The van der Waals surface area contributed by atoms with Crippen LogP contribution in [-0.4, -0.2) is 14.1 Å². The summed E-state index contributed by atoms with van der Waals surface area (Å²) in [4.78, 5) is 2.64. The van der Waals surface area contributed by atoms with Crippen LogP contribution in [0, 0.1) is 24.2 Å². The third-order valence-corrected chi connectivity index (χ3v) is 5.85. The van der Waals surface area contributed by atoms with Gasteiger partial charge in [-0.3, -0.25) is 0 Å². The van der Waals surface area contributed by atoms with E-state index in [0.29, 0.717) is 11.8 Å². The number of allylic oxidation sites excluding steroid dienone is 2. The Labute approximate surface area is 126 Å². The Morgan fingerprint density at radius 3 is 2.57 bits per heavy atom. The Morgan fingerprint density at radius 2 is 1.90 bits per heavy atom. The lowest BCUT2D eigenvalue weighted by Crippen LogP contribution is -2.52. The third-order valence-electron chi connectivity index (χ3n) is 4.63. The van der Waals surface area contributed by atoms with E-state index in [0.717, 1.165) is 17.7 Å². The number of nitrogens with one attached hydrogen (secondary N) is 1. The van der Waals surface area contributed by atoms with Crippen molar-refractivity contribution in [1.82, 2.24) is 4.83 Å². The van der Waals surface area contributed by atoms with Crippen LogP contribution in [0.1, 0.15) is 25.8 Å². The van der Waals surface area contributed by atoms with Gasteiger partial charge in [0, 0.05) is 17.0 Å². The lowest BCUT2D eigenvalue weighted by atomic mass is 9.55. The summed E-state index contributed by atoms with van der Waals surface area (Å²) in [5, 5.41) is 4.23. The molecular weight excluding hydrogens is 284 g/mol. The Kier molecular flexibility index (Phi) is 3.20. The fourth-order valence-electron chi connectivity index (χ4n) is 3.34. The Morgan fingerprint density at radius 1 is 1.24 bits per heavy atom. The van der Waals surface area contributed by atoms with E-state index in [-0.39, 0.29) is 10.3 Å². The number of aryl methyl sites for hydroxylation is 1. The zero-order valence-electron chi connectivity index (χ0n) is 12.5. The summed E-state index contributed by atoms with van der Waals surface area (Å²) in [5.41, 5.74) is 1.92. The van der Waals surface area contributed by atoms with Crippen molar-refractivity contribution < 1.29 is 8.42 Å². The van der Waals surface area contributed by atoms with Crippen LogP contribution in [0.15, 0.2) is 46.4 Å². The van der Waals surface area contributed by atoms with Crippen molar-refractivity contribution >= 4 is 15.7 Å². The zero-order valence-corrected chi connectivity index (χ0v) is 13.3. The van der Waals surface area contributed by atoms with E-state index < -0.39 is 10.0 Å². The minimum Gasteiger partial charge on any atom is -0.200 e. The van der Waals surface area contributed by atoms with Gasteiger partial charge >= 0.3 is 0 Å². The predicted octanol–water partition coefficient (Wildman–Crippen LogP) is 2.86. The number of nitrogens with zero attached hydrogens (tertiary/aromatic N) is 1. The molecule has 0 radical (unpaired) electrons. The summed E-state index contributed by atoms with van der Waals surface area (Å²) in [5.74, 6) is 0.848. The molecule has 1 saturated carbocycles. The van der Waals surface area contributed by atoms with Crippen molar-refractivity contribution in [1.29, 1.82) is 0 Å². The van der Waals surface area contributed by atoms with Gasteiger partial charge in [-0.25, -0.2) is 4.83 Å². The van der Waals surface area contributed by atoms with Crippen molar-refractivity contribution in [3.8, 4) is 0 Å². The summed E-state index contributed by atoms with van der Waals surface area (Å²) < 4.78 is 24.5. The fraction of sp³-hybridized carbons (Fsp3) is 0.438. The van der Waals surface area contributed by atoms with Crippen molar-refractivity contribution in [2.75, 3.05) is 0 Å². The van der Waals surface area contributed by atoms with Gasteiger partial charge in [0.1, 0.15) is 0 Å². The van der Waals surface area contributed by atoms with Crippen molar-refractivity contribution in [3.63, 3.8) is 0 Å². The number of benzene rings is 1. The number of sulfonamides is 1. The maximum atomic E-state index is 12.3. The molecule has 1 N–H and O–H groups in total. The van der Waals surface area contributed by atoms with E-state index in [1.54, 1.807) is 24.3 Å². The van der Waals surface area contributed by atoms with E-state index in [1.807, 2.05) is 6.92 Å². The molecule has 3 rings (SSSR count). The molecule has 21 heavy (non-hydrogen) atoms. The molecule has 5 heteroatoms. The molecule has 0 heterocycles. The number of rotatable bonds is 3. The molecule has 1 aromatic carbocycles. The molecular formula is C16H20N2O2S. The van der Waals surface area contributed by atoms with Crippen LogP contribution in [0.25, 0.3) is 0 Å². The van der Waals surface area contributed by atoms with Gasteiger partial charge in [-0.15, -0.1) is 0 Å². The molecule has 0 bridgehead atoms. The van der Waals surface area contributed by atoms with Crippen LogP contribution in [0.5, 0.6) is 0 Å². The van der Waals surface area contributed by atoms with Gasteiger partial charge in [-0.05, 0) is 31.4 Å². The minimum atomic E-state index is -3.59. The van der Waals surface area contributed by atoms with Crippen molar-refractivity contribution in [2.45, 2.75) is 32.1 Å². The van der Waals surface area contributed by atoms with Gasteiger partial charge in [-0.1, -0.05) is 43.7 Å². The molecule has 2 aliphatic rings. The summed E-state index contributed by atoms with van der Waals surface area (Å²) >= 11 is 0. The van der Waals surface area contributed by atoms with Crippen LogP contribution < -0.4 is 4.83 Å². The SMILES string of the molecule is Cc1ccc(S(=O)(=O)NN=C2C3CC=CC3C2(C)C)cc1. The van der Waals surface area contributed by atoms with Gasteiger partial charge in [0.15, 0.2) is 0 Å². The van der Waals surface area contributed by atoms with Crippen LogP contribution in [0.2, 0.25) is 0 Å². The topological polar surface area (TPSA) is 58.5 Å². The first-order chi connectivity index (χ1) is 9.82. The smallest absolute Gasteiger partial charge is 0.200 e. The molecule has 0 aliphatic heterocycles. The first-order valence-corrected chi connectivity index (χ1v) is 8.64. The van der Waals surface area contributed by atoms with Crippen molar-refractivity contribution in [2.24, 2.45) is 22.4 Å². The standard InChI is InChI=1S/C16H20N2O2S/c1-11-7-9-12(10-8-11)21(19,20)18-17-15-13-5-4-6-14(13)16(15,2)3/h4,6-10,13-14,18H,5H2,1-3H3. The number of hydrogen-bond acceptors (Lipinski definition) is 3. The lowest BCUT2D eigenvalue weighted by molar-refractivity contribution is 0.234. The third kappa shape index (κ3) is 2.29. The highest BCUT2D eigenvalue weighted by molar-refractivity contribution is 7.89. The van der Waals surface area contributed by atoms with Gasteiger partial charge in [-0.2, -0.15) is 13.5 Å². The minimum absolute atomic E-state index is 0.0620. The van der Waals surface area contributed by atoms with Crippen LogP contribution >= 0.6 is 0 Å². The lowest BCUT2D eigenvalue weighted by Gasteiger charge is -2.48. The maximum absolute atomic E-state index is 12.3. The average Bonchev–Trinajstić information content (AvgIpc) is 2.85. The molecule has 1 aromatic rings. The number of hydrogen-bond donors (Lipinski definition) is 1. The molecule has 0 amide bonds. The van der Waals surface area contributed by atoms with Crippen LogP contribution in [0.3, 0.4) is 0 Å². The molecule has 1 fully saturated rings. The highest BCUT2D eigenvalue weighted by Gasteiger charge is 2.53. The highest BCUT2D eigenvalue weighted by atomic mass is 32.2.